The van der Waals surface area contributed by atoms with E-state index < -0.39 is 0 Å². The lowest BCUT2D eigenvalue weighted by molar-refractivity contribution is 0.169. The Balaban J connectivity index is 2.78. The summed E-state index contributed by atoms with van der Waals surface area (Å²) in [5, 5.41) is 3.14. The number of rotatable bonds is 4. The van der Waals surface area contributed by atoms with Gasteiger partial charge in [0.2, 0.25) is 0 Å². The van der Waals surface area contributed by atoms with Crippen LogP contribution in [0.25, 0.3) is 0 Å². The molecule has 0 radical (unpaired) electrons. The second-order valence-electron chi connectivity index (χ2n) is 2.70. The third-order valence-electron chi connectivity index (χ3n) is 1.78. The van der Waals surface area contributed by atoms with Crippen LogP contribution < -0.4 is 5.32 Å². The standard InChI is InChI=1S/C9H13BrN2O/c1-11-9(6-13-2)8-5-7(10)3-4-12-8/h3-5,9,11H,6H2,1-2H3/t9-/m0/s1. The van der Waals surface area contributed by atoms with Gasteiger partial charge in [-0.3, -0.25) is 4.98 Å². The maximum absolute atomic E-state index is 5.07. The summed E-state index contributed by atoms with van der Waals surface area (Å²) in [6.45, 7) is 0.625. The Morgan fingerprint density at radius 2 is 2.46 bits per heavy atom. The Morgan fingerprint density at radius 3 is 3.00 bits per heavy atom. The minimum Gasteiger partial charge on any atom is -0.383 e. The molecule has 1 N–H and O–H groups in total. The highest BCUT2D eigenvalue weighted by molar-refractivity contribution is 9.10. The molecule has 0 bridgehead atoms. The molecular weight excluding hydrogens is 232 g/mol. The minimum atomic E-state index is 0.155. The number of nitrogens with zero attached hydrogens (tertiary/aromatic N) is 1. The molecule has 13 heavy (non-hydrogen) atoms. The zero-order valence-corrected chi connectivity index (χ0v) is 9.34. The summed E-state index contributed by atoms with van der Waals surface area (Å²) in [5.41, 5.74) is 0.985. The van der Waals surface area contributed by atoms with E-state index in [1.807, 2.05) is 19.2 Å². The highest BCUT2D eigenvalue weighted by atomic mass is 79.9. The van der Waals surface area contributed by atoms with E-state index in [2.05, 4.69) is 26.2 Å². The summed E-state index contributed by atoms with van der Waals surface area (Å²) in [4.78, 5) is 4.26. The first-order valence-electron chi connectivity index (χ1n) is 4.05. The van der Waals surface area contributed by atoms with Crippen molar-refractivity contribution in [2.24, 2.45) is 0 Å². The molecule has 1 aromatic rings. The lowest BCUT2D eigenvalue weighted by Gasteiger charge is -2.14. The molecule has 0 aliphatic heterocycles. The van der Waals surface area contributed by atoms with Crippen molar-refractivity contribution in [1.82, 2.24) is 10.3 Å². The van der Waals surface area contributed by atoms with Gasteiger partial charge in [0.15, 0.2) is 0 Å². The summed E-state index contributed by atoms with van der Waals surface area (Å²) in [5.74, 6) is 0. The Labute approximate surface area is 86.6 Å². The lowest BCUT2D eigenvalue weighted by atomic mass is 10.2. The molecule has 3 nitrogen and oxygen atoms in total. The second kappa shape index (κ2) is 5.32. The quantitative estimate of drug-likeness (QED) is 0.877. The molecule has 1 rings (SSSR count). The second-order valence-corrected chi connectivity index (χ2v) is 3.61. The van der Waals surface area contributed by atoms with Crippen LogP contribution in [0.3, 0.4) is 0 Å². The van der Waals surface area contributed by atoms with E-state index in [4.69, 9.17) is 4.74 Å². The monoisotopic (exact) mass is 244 g/mol. The van der Waals surface area contributed by atoms with Crippen LogP contribution in [0.5, 0.6) is 0 Å². The van der Waals surface area contributed by atoms with Crippen molar-refractivity contribution in [3.05, 3.63) is 28.5 Å². The Morgan fingerprint density at radius 1 is 1.69 bits per heavy atom. The van der Waals surface area contributed by atoms with Crippen molar-refractivity contribution in [1.29, 1.82) is 0 Å². The van der Waals surface area contributed by atoms with Gasteiger partial charge in [-0.05, 0) is 19.2 Å². The zero-order valence-electron chi connectivity index (χ0n) is 7.75. The van der Waals surface area contributed by atoms with Crippen molar-refractivity contribution < 1.29 is 4.74 Å². The van der Waals surface area contributed by atoms with Crippen molar-refractivity contribution >= 4 is 15.9 Å². The van der Waals surface area contributed by atoms with Crippen LogP contribution in [0.4, 0.5) is 0 Å². The Kier molecular flexibility index (Phi) is 4.35. The SMILES string of the molecule is CN[C@@H](COC)c1cc(Br)ccn1. The van der Waals surface area contributed by atoms with E-state index in [1.54, 1.807) is 13.3 Å². The van der Waals surface area contributed by atoms with Crippen LogP contribution in [-0.4, -0.2) is 25.7 Å². The van der Waals surface area contributed by atoms with E-state index in [-0.39, 0.29) is 6.04 Å². The van der Waals surface area contributed by atoms with E-state index in [9.17, 15) is 0 Å². The Hall–Kier alpha value is -0.450. The molecule has 0 saturated heterocycles. The molecule has 4 heteroatoms. The molecule has 72 valence electrons. The van der Waals surface area contributed by atoms with Gasteiger partial charge < -0.3 is 10.1 Å². The smallest absolute Gasteiger partial charge is 0.0730 e. The van der Waals surface area contributed by atoms with Gasteiger partial charge >= 0.3 is 0 Å². The molecule has 0 unspecified atom stereocenters. The van der Waals surface area contributed by atoms with Crippen LogP contribution >= 0.6 is 15.9 Å². The molecular formula is C9H13BrN2O. The lowest BCUT2D eigenvalue weighted by Crippen LogP contribution is -2.22. The molecule has 1 atom stereocenters. The van der Waals surface area contributed by atoms with E-state index in [0.29, 0.717) is 6.61 Å². The average Bonchev–Trinajstić information content (AvgIpc) is 2.14. The number of aromatic nitrogens is 1. The van der Waals surface area contributed by atoms with E-state index in [1.165, 1.54) is 0 Å². The normalized spacial score (nSPS) is 12.8. The van der Waals surface area contributed by atoms with Gasteiger partial charge in [-0.15, -0.1) is 0 Å². The van der Waals surface area contributed by atoms with Crippen molar-refractivity contribution in [3.63, 3.8) is 0 Å². The largest absolute Gasteiger partial charge is 0.383 e. The van der Waals surface area contributed by atoms with E-state index >= 15 is 0 Å². The molecule has 0 saturated carbocycles. The zero-order chi connectivity index (χ0) is 9.68. The van der Waals surface area contributed by atoms with Crippen LogP contribution in [0.1, 0.15) is 11.7 Å². The predicted molar refractivity (Wildman–Crippen MR) is 55.6 cm³/mol. The highest BCUT2D eigenvalue weighted by Gasteiger charge is 2.09. The number of methoxy groups -OCH3 is 1. The molecule has 0 aliphatic rings. The fourth-order valence-corrected chi connectivity index (χ4v) is 1.45. The van der Waals surface area contributed by atoms with Crippen LogP contribution in [0.15, 0.2) is 22.8 Å². The first-order valence-corrected chi connectivity index (χ1v) is 4.85. The van der Waals surface area contributed by atoms with Gasteiger partial charge in [0.1, 0.15) is 0 Å². The van der Waals surface area contributed by atoms with Crippen molar-refractivity contribution in [2.45, 2.75) is 6.04 Å². The van der Waals surface area contributed by atoms with Crippen molar-refractivity contribution in [2.75, 3.05) is 20.8 Å². The molecule has 0 amide bonds. The van der Waals surface area contributed by atoms with Crippen LogP contribution in [0, 0.1) is 0 Å². The molecule has 0 aliphatic carbocycles. The molecule has 0 aromatic carbocycles. The molecule has 1 aromatic heterocycles. The van der Waals surface area contributed by atoms with E-state index in [0.717, 1.165) is 10.2 Å². The van der Waals surface area contributed by atoms with Gasteiger partial charge in [0.25, 0.3) is 0 Å². The predicted octanol–water partition coefficient (Wildman–Crippen LogP) is 1.75. The summed E-state index contributed by atoms with van der Waals surface area (Å²) < 4.78 is 6.11. The number of hydrogen-bond donors (Lipinski definition) is 1. The summed E-state index contributed by atoms with van der Waals surface area (Å²) in [6.07, 6.45) is 1.78. The molecule has 1 heterocycles. The maximum Gasteiger partial charge on any atom is 0.0730 e. The number of likely N-dealkylation sites (N-methyl/N-ethyl adjacent to an activating group) is 1. The average molecular weight is 245 g/mol. The summed E-state index contributed by atoms with van der Waals surface area (Å²) in [6, 6.07) is 4.05. The third-order valence-corrected chi connectivity index (χ3v) is 2.28. The highest BCUT2D eigenvalue weighted by Crippen LogP contribution is 2.15. The third kappa shape index (κ3) is 3.06. The number of halogens is 1. The fourth-order valence-electron chi connectivity index (χ4n) is 1.10. The first kappa shape index (κ1) is 10.6. The summed E-state index contributed by atoms with van der Waals surface area (Å²) in [7, 11) is 3.58. The molecule has 0 spiro atoms. The van der Waals surface area contributed by atoms with Crippen LogP contribution in [0.2, 0.25) is 0 Å². The van der Waals surface area contributed by atoms with Gasteiger partial charge in [-0.1, -0.05) is 15.9 Å². The summed E-state index contributed by atoms with van der Waals surface area (Å²) >= 11 is 3.40. The van der Waals surface area contributed by atoms with Crippen molar-refractivity contribution in [3.8, 4) is 0 Å². The van der Waals surface area contributed by atoms with Gasteiger partial charge in [0, 0.05) is 17.8 Å². The van der Waals surface area contributed by atoms with Gasteiger partial charge in [-0.2, -0.15) is 0 Å². The maximum atomic E-state index is 5.07. The number of ether oxygens (including phenoxy) is 1. The Bertz CT molecular complexity index is 268. The fraction of sp³-hybridized carbons (Fsp3) is 0.444. The topological polar surface area (TPSA) is 34.1 Å². The van der Waals surface area contributed by atoms with Gasteiger partial charge in [-0.25, -0.2) is 0 Å². The van der Waals surface area contributed by atoms with Gasteiger partial charge in [0.05, 0.1) is 18.3 Å². The number of nitrogens with one attached hydrogen (secondary N) is 1. The molecule has 0 fully saturated rings. The number of hydrogen-bond acceptors (Lipinski definition) is 3. The first-order chi connectivity index (χ1) is 6.27. The van der Waals surface area contributed by atoms with Crippen LogP contribution in [-0.2, 0) is 4.74 Å². The number of pyridine rings is 1. The minimum absolute atomic E-state index is 0.155.